The van der Waals surface area contributed by atoms with E-state index in [1.807, 2.05) is 29.3 Å². The first kappa shape index (κ1) is 16.3. The second-order valence-corrected chi connectivity index (χ2v) is 5.42. The van der Waals surface area contributed by atoms with Crippen molar-refractivity contribution in [3.63, 3.8) is 0 Å². The molecular formula is C17H24N3O2+. The first-order valence-corrected chi connectivity index (χ1v) is 7.56. The van der Waals surface area contributed by atoms with E-state index in [4.69, 9.17) is 4.74 Å². The molecule has 0 aromatic heterocycles. The molecule has 1 aromatic carbocycles. The summed E-state index contributed by atoms with van der Waals surface area (Å²) < 4.78 is 5.41. The van der Waals surface area contributed by atoms with Gasteiger partial charge in [-0.1, -0.05) is 24.8 Å². The molecule has 1 aliphatic rings. The van der Waals surface area contributed by atoms with Gasteiger partial charge in [0.1, 0.15) is 12.4 Å². The van der Waals surface area contributed by atoms with Crippen molar-refractivity contribution in [1.82, 2.24) is 10.4 Å². The number of piperazine rings is 1. The normalized spacial score (nSPS) is 16.6. The van der Waals surface area contributed by atoms with Crippen molar-refractivity contribution in [2.75, 3.05) is 39.8 Å². The van der Waals surface area contributed by atoms with Crippen molar-refractivity contribution in [2.45, 2.75) is 0 Å². The number of quaternary nitrogens is 1. The van der Waals surface area contributed by atoms with Gasteiger partial charge in [-0.3, -0.25) is 10.2 Å². The molecule has 2 rings (SSSR count). The number of likely N-dealkylation sites (N-methyl/N-ethyl adjacent to an activating group) is 1. The fourth-order valence-corrected chi connectivity index (χ4v) is 2.20. The van der Waals surface area contributed by atoms with Crippen molar-refractivity contribution >= 4 is 12.0 Å². The molecule has 0 bridgehead atoms. The summed E-state index contributed by atoms with van der Waals surface area (Å²) in [5.74, 6) is 0.702. The number of carbonyl (C=O) groups excluding carboxylic acids is 1. The van der Waals surface area contributed by atoms with Gasteiger partial charge in [-0.25, -0.2) is 5.01 Å². The van der Waals surface area contributed by atoms with Gasteiger partial charge in [0.2, 0.25) is 0 Å². The number of hydrogen-bond donors (Lipinski definition) is 2. The Morgan fingerprint density at radius 3 is 2.68 bits per heavy atom. The van der Waals surface area contributed by atoms with Crippen molar-refractivity contribution in [3.8, 4) is 5.75 Å². The SMILES string of the molecule is C=CCOc1ccc(/C=C/C(=O)NN2CC[NH+](C)CC2)cc1. The summed E-state index contributed by atoms with van der Waals surface area (Å²) in [4.78, 5) is 13.4. The molecule has 0 saturated carbocycles. The second kappa shape index (κ2) is 8.36. The smallest absolute Gasteiger partial charge is 0.258 e. The number of nitrogens with one attached hydrogen (secondary N) is 2. The zero-order chi connectivity index (χ0) is 15.8. The summed E-state index contributed by atoms with van der Waals surface area (Å²) in [6.45, 7) is 7.98. The average molecular weight is 302 g/mol. The van der Waals surface area contributed by atoms with E-state index in [9.17, 15) is 4.79 Å². The number of benzene rings is 1. The van der Waals surface area contributed by atoms with Crippen LogP contribution in [0.1, 0.15) is 5.56 Å². The number of carbonyl (C=O) groups is 1. The lowest BCUT2D eigenvalue weighted by Gasteiger charge is -2.29. The summed E-state index contributed by atoms with van der Waals surface area (Å²) in [6.07, 6.45) is 5.07. The molecule has 22 heavy (non-hydrogen) atoms. The molecule has 0 atom stereocenters. The molecule has 1 heterocycles. The van der Waals surface area contributed by atoms with Gasteiger partial charge < -0.3 is 9.64 Å². The number of hydrogen-bond acceptors (Lipinski definition) is 3. The number of rotatable bonds is 6. The molecule has 0 aliphatic carbocycles. The van der Waals surface area contributed by atoms with Gasteiger partial charge in [0.25, 0.3) is 5.91 Å². The van der Waals surface area contributed by atoms with Gasteiger partial charge in [-0.2, -0.15) is 0 Å². The Hall–Kier alpha value is -2.11. The Labute approximate surface area is 131 Å². The highest BCUT2D eigenvalue weighted by molar-refractivity contribution is 5.91. The number of nitrogens with zero attached hydrogens (tertiary/aromatic N) is 1. The lowest BCUT2D eigenvalue weighted by Crippen LogP contribution is -3.12. The molecule has 118 valence electrons. The molecule has 0 radical (unpaired) electrons. The summed E-state index contributed by atoms with van der Waals surface area (Å²) in [5.41, 5.74) is 3.87. The summed E-state index contributed by atoms with van der Waals surface area (Å²) in [7, 11) is 2.17. The topological polar surface area (TPSA) is 46.0 Å². The summed E-state index contributed by atoms with van der Waals surface area (Å²) >= 11 is 0. The first-order valence-electron chi connectivity index (χ1n) is 7.56. The molecular weight excluding hydrogens is 278 g/mol. The molecule has 1 fully saturated rings. The highest BCUT2D eigenvalue weighted by Gasteiger charge is 2.17. The van der Waals surface area contributed by atoms with Gasteiger partial charge in [-0.15, -0.1) is 0 Å². The molecule has 1 saturated heterocycles. The molecule has 1 amide bonds. The van der Waals surface area contributed by atoms with E-state index in [1.54, 1.807) is 18.2 Å². The van der Waals surface area contributed by atoms with Crippen LogP contribution in [0.2, 0.25) is 0 Å². The van der Waals surface area contributed by atoms with Gasteiger partial charge >= 0.3 is 0 Å². The third-order valence-electron chi connectivity index (χ3n) is 3.56. The lowest BCUT2D eigenvalue weighted by molar-refractivity contribution is -0.884. The lowest BCUT2D eigenvalue weighted by atomic mass is 10.2. The van der Waals surface area contributed by atoms with Crippen LogP contribution in [-0.4, -0.2) is 50.7 Å². The van der Waals surface area contributed by atoms with E-state index in [2.05, 4.69) is 19.1 Å². The van der Waals surface area contributed by atoms with Crippen molar-refractivity contribution in [3.05, 3.63) is 48.6 Å². The van der Waals surface area contributed by atoms with E-state index in [1.165, 1.54) is 4.90 Å². The monoisotopic (exact) mass is 302 g/mol. The Bertz CT molecular complexity index is 517. The Kier molecular flexibility index (Phi) is 6.18. The Balaban J connectivity index is 1.80. The van der Waals surface area contributed by atoms with Crippen LogP contribution < -0.4 is 15.1 Å². The van der Waals surface area contributed by atoms with E-state index < -0.39 is 0 Å². The van der Waals surface area contributed by atoms with Gasteiger partial charge in [-0.05, 0) is 23.8 Å². The highest BCUT2D eigenvalue weighted by Crippen LogP contribution is 2.13. The first-order chi connectivity index (χ1) is 10.7. The van der Waals surface area contributed by atoms with Crippen LogP contribution in [0.15, 0.2) is 43.0 Å². The number of hydrazine groups is 1. The van der Waals surface area contributed by atoms with E-state index in [-0.39, 0.29) is 5.91 Å². The number of amides is 1. The van der Waals surface area contributed by atoms with Crippen LogP contribution >= 0.6 is 0 Å². The quantitative estimate of drug-likeness (QED) is 0.580. The average Bonchev–Trinajstić information content (AvgIpc) is 2.54. The predicted octanol–water partition coefficient (Wildman–Crippen LogP) is 0.126. The van der Waals surface area contributed by atoms with Crippen molar-refractivity contribution in [1.29, 1.82) is 0 Å². The minimum Gasteiger partial charge on any atom is -0.490 e. The predicted molar refractivity (Wildman–Crippen MR) is 87.5 cm³/mol. The summed E-state index contributed by atoms with van der Waals surface area (Å²) in [6, 6.07) is 7.59. The zero-order valence-corrected chi connectivity index (χ0v) is 13.0. The third-order valence-corrected chi connectivity index (χ3v) is 3.56. The highest BCUT2D eigenvalue weighted by atomic mass is 16.5. The van der Waals surface area contributed by atoms with Crippen molar-refractivity contribution < 1.29 is 14.4 Å². The van der Waals surface area contributed by atoms with Crippen LogP contribution in [-0.2, 0) is 4.79 Å². The largest absolute Gasteiger partial charge is 0.490 e. The molecule has 1 aliphatic heterocycles. The van der Waals surface area contributed by atoms with Crippen LogP contribution in [0, 0.1) is 0 Å². The van der Waals surface area contributed by atoms with Gasteiger partial charge in [0.15, 0.2) is 0 Å². The second-order valence-electron chi connectivity index (χ2n) is 5.42. The summed E-state index contributed by atoms with van der Waals surface area (Å²) in [5, 5.41) is 1.98. The maximum absolute atomic E-state index is 11.9. The fourth-order valence-electron chi connectivity index (χ4n) is 2.20. The molecule has 5 nitrogen and oxygen atoms in total. The molecule has 5 heteroatoms. The van der Waals surface area contributed by atoms with Crippen molar-refractivity contribution in [2.24, 2.45) is 0 Å². The number of ether oxygens (including phenoxy) is 1. The van der Waals surface area contributed by atoms with E-state index >= 15 is 0 Å². The molecule has 2 N–H and O–H groups in total. The molecule has 1 aromatic rings. The van der Waals surface area contributed by atoms with Gasteiger partial charge in [0.05, 0.1) is 33.2 Å². The van der Waals surface area contributed by atoms with E-state index in [0.717, 1.165) is 37.5 Å². The van der Waals surface area contributed by atoms with Crippen LogP contribution in [0.5, 0.6) is 5.75 Å². The maximum Gasteiger partial charge on any atom is 0.258 e. The standard InChI is InChI=1S/C17H23N3O2/c1-3-14-22-16-7-4-15(5-8-16)6-9-17(21)18-20-12-10-19(2)11-13-20/h3-9H,1,10-14H2,2H3,(H,18,21)/p+1/b9-6+. The maximum atomic E-state index is 11.9. The minimum atomic E-state index is -0.0912. The van der Waals surface area contributed by atoms with Crippen LogP contribution in [0.25, 0.3) is 6.08 Å². The fraction of sp³-hybridized carbons (Fsp3) is 0.353. The van der Waals surface area contributed by atoms with Crippen LogP contribution in [0.4, 0.5) is 0 Å². The third kappa shape index (κ3) is 5.35. The zero-order valence-electron chi connectivity index (χ0n) is 13.0. The minimum absolute atomic E-state index is 0.0912. The van der Waals surface area contributed by atoms with Crippen LogP contribution in [0.3, 0.4) is 0 Å². The Morgan fingerprint density at radius 2 is 2.05 bits per heavy atom. The molecule has 0 spiro atoms. The van der Waals surface area contributed by atoms with E-state index in [0.29, 0.717) is 6.61 Å². The Morgan fingerprint density at radius 1 is 1.36 bits per heavy atom. The molecule has 0 unspecified atom stereocenters. The van der Waals surface area contributed by atoms with Gasteiger partial charge in [0, 0.05) is 6.08 Å².